The van der Waals surface area contributed by atoms with Crippen LogP contribution >= 0.6 is 0 Å². The maximum atomic E-state index is 12.1. The number of benzene rings is 1. The molecular weight excluding hydrogens is 242 g/mol. The summed E-state index contributed by atoms with van der Waals surface area (Å²) in [6.45, 7) is 8.77. The molecule has 4 heteroatoms. The Balaban J connectivity index is 3.13. The number of hydrogen-bond donors (Lipinski definition) is 2. The van der Waals surface area contributed by atoms with E-state index in [2.05, 4.69) is 5.32 Å². The Kier molecular flexibility index (Phi) is 4.35. The molecule has 1 aromatic rings. The molecule has 0 aromatic heterocycles. The molecule has 0 fully saturated rings. The zero-order valence-corrected chi connectivity index (χ0v) is 12.1. The Labute approximate surface area is 113 Å². The van der Waals surface area contributed by atoms with E-state index in [1.165, 1.54) is 13.8 Å². The minimum absolute atomic E-state index is 0.253. The van der Waals surface area contributed by atoms with Crippen molar-refractivity contribution in [1.29, 1.82) is 0 Å². The summed E-state index contributed by atoms with van der Waals surface area (Å²) >= 11 is 0. The van der Waals surface area contributed by atoms with Crippen molar-refractivity contribution >= 4 is 17.6 Å². The number of carboxylic acid groups (broad SMARTS) is 1. The number of nitrogens with one attached hydrogen (secondary N) is 1. The van der Waals surface area contributed by atoms with Gasteiger partial charge < -0.3 is 10.4 Å². The van der Waals surface area contributed by atoms with Crippen LogP contribution in [-0.2, 0) is 9.59 Å². The molecule has 0 aliphatic carbocycles. The number of aliphatic carboxylic acids is 1. The van der Waals surface area contributed by atoms with E-state index in [0.717, 1.165) is 16.8 Å². The molecule has 1 rings (SSSR count). The number of carbonyl (C=O) groups is 2. The second-order valence-corrected chi connectivity index (χ2v) is 5.58. The highest BCUT2D eigenvalue weighted by molar-refractivity contribution is 6.08. The van der Waals surface area contributed by atoms with E-state index >= 15 is 0 Å². The van der Waals surface area contributed by atoms with Crippen LogP contribution in [-0.4, -0.2) is 17.0 Å². The molecule has 1 amide bonds. The summed E-state index contributed by atoms with van der Waals surface area (Å²) in [6, 6.07) is 5.78. The van der Waals surface area contributed by atoms with E-state index in [4.69, 9.17) is 5.11 Å². The number of amides is 1. The summed E-state index contributed by atoms with van der Waals surface area (Å²) in [4.78, 5) is 23.2. The number of hydrogen-bond acceptors (Lipinski definition) is 2. The first-order chi connectivity index (χ1) is 8.67. The fourth-order valence-electron chi connectivity index (χ4n) is 1.71. The van der Waals surface area contributed by atoms with Gasteiger partial charge in [-0.25, -0.2) is 0 Å². The van der Waals surface area contributed by atoms with Gasteiger partial charge in [0.15, 0.2) is 0 Å². The third-order valence-electron chi connectivity index (χ3n) is 3.27. The van der Waals surface area contributed by atoms with Crippen molar-refractivity contribution in [2.24, 2.45) is 5.41 Å². The maximum absolute atomic E-state index is 12.1. The number of aryl methyl sites for hydroxylation is 1. The smallest absolute Gasteiger partial charge is 0.318 e. The fraction of sp³-hybridized carbons (Fsp3) is 0.467. The zero-order chi connectivity index (χ0) is 14.8. The van der Waals surface area contributed by atoms with Crippen LogP contribution in [0, 0.1) is 12.3 Å². The third kappa shape index (κ3) is 3.13. The minimum atomic E-state index is -1.45. The molecule has 104 valence electrons. The number of carbonyl (C=O) groups excluding carboxylic acids is 1. The lowest BCUT2D eigenvalue weighted by Crippen LogP contribution is -2.38. The van der Waals surface area contributed by atoms with Crippen molar-refractivity contribution in [2.75, 3.05) is 5.32 Å². The van der Waals surface area contributed by atoms with E-state index < -0.39 is 17.3 Å². The molecular formula is C15H21NO3. The molecule has 19 heavy (non-hydrogen) atoms. The molecule has 0 saturated carbocycles. The quantitative estimate of drug-likeness (QED) is 0.820. The zero-order valence-electron chi connectivity index (χ0n) is 12.1. The number of anilines is 1. The summed E-state index contributed by atoms with van der Waals surface area (Å²) in [5.41, 5.74) is 1.21. The first-order valence-corrected chi connectivity index (χ1v) is 6.32. The predicted molar refractivity (Wildman–Crippen MR) is 75.3 cm³/mol. The molecule has 0 aliphatic rings. The molecule has 0 radical (unpaired) electrons. The summed E-state index contributed by atoms with van der Waals surface area (Å²) < 4.78 is 0. The summed E-state index contributed by atoms with van der Waals surface area (Å²) in [5, 5.41) is 11.8. The van der Waals surface area contributed by atoms with Crippen molar-refractivity contribution in [3.05, 3.63) is 29.3 Å². The van der Waals surface area contributed by atoms with Gasteiger partial charge in [0.2, 0.25) is 5.91 Å². The Bertz CT molecular complexity index is 504. The minimum Gasteiger partial charge on any atom is -0.480 e. The number of para-hydroxylation sites is 1. The van der Waals surface area contributed by atoms with Crippen LogP contribution in [0.5, 0.6) is 0 Å². The SMILES string of the molecule is Cc1cccc(C(C)C)c1NC(=O)C(C)(C)C(=O)O. The van der Waals surface area contributed by atoms with Gasteiger partial charge in [-0.15, -0.1) is 0 Å². The number of carboxylic acids is 1. The molecule has 0 heterocycles. The van der Waals surface area contributed by atoms with E-state index in [0.29, 0.717) is 0 Å². The third-order valence-corrected chi connectivity index (χ3v) is 3.27. The molecule has 2 N–H and O–H groups in total. The van der Waals surface area contributed by atoms with Crippen LogP contribution in [0.25, 0.3) is 0 Å². The Morgan fingerprint density at radius 1 is 1.26 bits per heavy atom. The van der Waals surface area contributed by atoms with Gasteiger partial charge in [-0.1, -0.05) is 32.0 Å². The molecule has 0 aliphatic heterocycles. The van der Waals surface area contributed by atoms with Gasteiger partial charge in [0.25, 0.3) is 0 Å². The van der Waals surface area contributed by atoms with Gasteiger partial charge in [-0.3, -0.25) is 9.59 Å². The Hall–Kier alpha value is -1.84. The fourth-order valence-corrected chi connectivity index (χ4v) is 1.71. The van der Waals surface area contributed by atoms with E-state index in [-0.39, 0.29) is 5.92 Å². The lowest BCUT2D eigenvalue weighted by atomic mass is 9.91. The van der Waals surface area contributed by atoms with E-state index in [1.54, 1.807) is 0 Å². The molecule has 1 aromatic carbocycles. The van der Waals surface area contributed by atoms with Gasteiger partial charge in [0.1, 0.15) is 5.41 Å². The molecule has 0 spiro atoms. The average molecular weight is 263 g/mol. The monoisotopic (exact) mass is 263 g/mol. The largest absolute Gasteiger partial charge is 0.480 e. The highest BCUT2D eigenvalue weighted by Gasteiger charge is 2.36. The van der Waals surface area contributed by atoms with Crippen molar-refractivity contribution < 1.29 is 14.7 Å². The van der Waals surface area contributed by atoms with Gasteiger partial charge in [0.05, 0.1) is 0 Å². The summed E-state index contributed by atoms with van der Waals surface area (Å²) in [6.07, 6.45) is 0. The van der Waals surface area contributed by atoms with Crippen LogP contribution in [0.1, 0.15) is 44.7 Å². The van der Waals surface area contributed by atoms with Gasteiger partial charge in [-0.2, -0.15) is 0 Å². The van der Waals surface area contributed by atoms with Crippen molar-refractivity contribution in [2.45, 2.75) is 40.5 Å². The van der Waals surface area contributed by atoms with Gasteiger partial charge >= 0.3 is 5.97 Å². The van der Waals surface area contributed by atoms with E-state index in [9.17, 15) is 9.59 Å². The molecule has 0 unspecified atom stereocenters. The van der Waals surface area contributed by atoms with Gasteiger partial charge in [-0.05, 0) is 37.8 Å². The van der Waals surface area contributed by atoms with Gasteiger partial charge in [0, 0.05) is 5.69 Å². The molecule has 0 bridgehead atoms. The Morgan fingerprint density at radius 3 is 2.32 bits per heavy atom. The van der Waals surface area contributed by atoms with Crippen LogP contribution in [0.2, 0.25) is 0 Å². The molecule has 0 saturated heterocycles. The number of rotatable bonds is 4. The van der Waals surface area contributed by atoms with Crippen LogP contribution in [0.15, 0.2) is 18.2 Å². The van der Waals surface area contributed by atoms with Crippen LogP contribution < -0.4 is 5.32 Å². The predicted octanol–water partition coefficient (Wildman–Crippen LogP) is 3.17. The molecule has 0 atom stereocenters. The normalized spacial score (nSPS) is 11.5. The average Bonchev–Trinajstić information content (AvgIpc) is 2.30. The standard InChI is InChI=1S/C15H21NO3/c1-9(2)11-8-6-7-10(3)12(11)16-13(17)15(4,5)14(18)19/h6-9H,1-5H3,(H,16,17)(H,18,19). The lowest BCUT2D eigenvalue weighted by molar-refractivity contribution is -0.151. The second-order valence-electron chi connectivity index (χ2n) is 5.58. The van der Waals surface area contributed by atoms with Crippen LogP contribution in [0.3, 0.4) is 0 Å². The van der Waals surface area contributed by atoms with Crippen molar-refractivity contribution in [3.8, 4) is 0 Å². The highest BCUT2D eigenvalue weighted by Crippen LogP contribution is 2.29. The van der Waals surface area contributed by atoms with Crippen molar-refractivity contribution in [1.82, 2.24) is 0 Å². The van der Waals surface area contributed by atoms with E-state index in [1.807, 2.05) is 39.0 Å². The highest BCUT2D eigenvalue weighted by atomic mass is 16.4. The lowest BCUT2D eigenvalue weighted by Gasteiger charge is -2.22. The summed E-state index contributed by atoms with van der Waals surface area (Å²) in [5.74, 6) is -1.39. The van der Waals surface area contributed by atoms with Crippen LogP contribution in [0.4, 0.5) is 5.69 Å². The van der Waals surface area contributed by atoms with Crippen molar-refractivity contribution in [3.63, 3.8) is 0 Å². The first kappa shape index (κ1) is 15.2. The Morgan fingerprint density at radius 2 is 1.84 bits per heavy atom. The molecule has 4 nitrogen and oxygen atoms in total. The summed E-state index contributed by atoms with van der Waals surface area (Å²) in [7, 11) is 0. The second kappa shape index (κ2) is 5.43. The maximum Gasteiger partial charge on any atom is 0.318 e. The first-order valence-electron chi connectivity index (χ1n) is 6.32. The topological polar surface area (TPSA) is 66.4 Å².